The first kappa shape index (κ1) is 13.3. The number of benzene rings is 1. The van der Waals surface area contributed by atoms with E-state index < -0.39 is 5.41 Å². The molecule has 1 heterocycles. The topological polar surface area (TPSA) is 37.4 Å². The van der Waals surface area contributed by atoms with E-state index in [-0.39, 0.29) is 11.8 Å². The minimum Gasteiger partial charge on any atom is -0.273 e. The molecule has 1 aromatic rings. The number of anilines is 1. The molecule has 2 rings (SSSR count). The molecule has 2 amide bonds. The summed E-state index contributed by atoms with van der Waals surface area (Å²) in [4.78, 5) is 25.7. The fourth-order valence-electron chi connectivity index (χ4n) is 2.38. The normalized spacial score (nSPS) is 17.8. The van der Waals surface area contributed by atoms with Crippen molar-refractivity contribution in [2.24, 2.45) is 5.41 Å². The number of carbonyl (C=O) groups excluding carboxylic acids is 2. The third kappa shape index (κ3) is 1.70. The molecule has 0 aliphatic carbocycles. The van der Waals surface area contributed by atoms with Crippen molar-refractivity contribution in [1.29, 1.82) is 0 Å². The summed E-state index contributed by atoms with van der Waals surface area (Å²) in [7, 11) is 0. The summed E-state index contributed by atoms with van der Waals surface area (Å²) in [5.41, 5.74) is 1.03. The monoisotopic (exact) mass is 309 g/mol. The van der Waals surface area contributed by atoms with Crippen molar-refractivity contribution in [3.63, 3.8) is 0 Å². The van der Waals surface area contributed by atoms with Crippen molar-refractivity contribution in [2.45, 2.75) is 32.0 Å². The highest BCUT2D eigenvalue weighted by molar-refractivity contribution is 9.08. The summed E-state index contributed by atoms with van der Waals surface area (Å²) in [6.45, 7) is 3.79. The van der Waals surface area contributed by atoms with Crippen LogP contribution < -0.4 is 4.90 Å². The van der Waals surface area contributed by atoms with Crippen LogP contribution in [0, 0.1) is 5.41 Å². The first-order valence-electron chi connectivity index (χ1n) is 6.14. The van der Waals surface area contributed by atoms with E-state index in [2.05, 4.69) is 15.9 Å². The summed E-state index contributed by atoms with van der Waals surface area (Å²) >= 11 is 3.37. The lowest BCUT2D eigenvalue weighted by atomic mass is 9.73. The van der Waals surface area contributed by atoms with Gasteiger partial charge in [-0.15, -0.1) is 0 Å². The van der Waals surface area contributed by atoms with Gasteiger partial charge in [0, 0.05) is 5.33 Å². The van der Waals surface area contributed by atoms with E-state index in [9.17, 15) is 9.59 Å². The molecular formula is C14H16BrNO2. The predicted molar refractivity (Wildman–Crippen MR) is 74.6 cm³/mol. The third-order valence-corrected chi connectivity index (χ3v) is 4.43. The van der Waals surface area contributed by atoms with Gasteiger partial charge in [-0.1, -0.05) is 41.9 Å². The molecule has 0 saturated carbocycles. The molecular weight excluding hydrogens is 294 g/mol. The second kappa shape index (κ2) is 4.84. The minimum absolute atomic E-state index is 0.0657. The number of carbonyl (C=O) groups is 2. The average Bonchev–Trinajstić information content (AvgIpc) is 2.41. The molecule has 96 valence electrons. The molecule has 4 heteroatoms. The smallest absolute Gasteiger partial charge is 0.249 e. The summed E-state index contributed by atoms with van der Waals surface area (Å²) in [5.74, 6) is -0.131. The van der Waals surface area contributed by atoms with Crippen molar-refractivity contribution < 1.29 is 9.59 Å². The van der Waals surface area contributed by atoms with Gasteiger partial charge in [0.2, 0.25) is 11.8 Å². The Balaban J connectivity index is 2.26. The highest BCUT2D eigenvalue weighted by Crippen LogP contribution is 2.42. The van der Waals surface area contributed by atoms with Gasteiger partial charge in [0.15, 0.2) is 0 Å². The molecule has 0 spiro atoms. The van der Waals surface area contributed by atoms with Gasteiger partial charge >= 0.3 is 0 Å². The zero-order chi connectivity index (χ0) is 13.3. The molecule has 18 heavy (non-hydrogen) atoms. The van der Waals surface area contributed by atoms with E-state index in [4.69, 9.17) is 0 Å². The molecule has 0 radical (unpaired) electrons. The van der Waals surface area contributed by atoms with Crippen molar-refractivity contribution >= 4 is 33.4 Å². The minimum atomic E-state index is -0.770. The van der Waals surface area contributed by atoms with Crippen LogP contribution in [-0.2, 0) is 14.9 Å². The van der Waals surface area contributed by atoms with Crippen molar-refractivity contribution in [3.05, 3.63) is 29.8 Å². The standard InChI is InChI=1S/C14H16BrNO2/c1-3-14(4-2)12(17)16(13(14)18)11-7-5-10(9-15)6-8-11/h5-8H,3-4,9H2,1-2H3. The van der Waals surface area contributed by atoms with Crippen LogP contribution in [0.3, 0.4) is 0 Å². The Labute approximate surface area is 115 Å². The van der Waals surface area contributed by atoms with Crippen LogP contribution in [0.1, 0.15) is 32.3 Å². The van der Waals surface area contributed by atoms with E-state index in [1.165, 1.54) is 4.90 Å². The van der Waals surface area contributed by atoms with E-state index in [1.54, 1.807) is 0 Å². The number of hydrogen-bond acceptors (Lipinski definition) is 2. The molecule has 1 aliphatic heterocycles. The van der Waals surface area contributed by atoms with Gasteiger partial charge in [-0.25, -0.2) is 4.90 Å². The number of imide groups is 1. The molecule has 1 aromatic carbocycles. The van der Waals surface area contributed by atoms with Crippen LogP contribution in [-0.4, -0.2) is 11.8 Å². The number of rotatable bonds is 4. The van der Waals surface area contributed by atoms with Gasteiger partial charge in [0.05, 0.1) is 5.69 Å². The molecule has 0 N–H and O–H groups in total. The van der Waals surface area contributed by atoms with Crippen LogP contribution in [0.4, 0.5) is 5.69 Å². The van der Waals surface area contributed by atoms with Gasteiger partial charge in [0.25, 0.3) is 0 Å². The Morgan fingerprint density at radius 1 is 1.06 bits per heavy atom. The first-order chi connectivity index (χ1) is 8.60. The molecule has 0 bridgehead atoms. The van der Waals surface area contributed by atoms with Crippen LogP contribution in [0.5, 0.6) is 0 Å². The summed E-state index contributed by atoms with van der Waals surface area (Å²) in [6, 6.07) is 7.48. The van der Waals surface area contributed by atoms with Crippen molar-refractivity contribution in [1.82, 2.24) is 0 Å². The molecule has 1 aliphatic rings. The summed E-state index contributed by atoms with van der Waals surface area (Å²) in [6.07, 6.45) is 1.16. The van der Waals surface area contributed by atoms with Gasteiger partial charge in [-0.2, -0.15) is 0 Å². The zero-order valence-electron chi connectivity index (χ0n) is 10.6. The molecule has 1 fully saturated rings. The molecule has 3 nitrogen and oxygen atoms in total. The largest absolute Gasteiger partial charge is 0.273 e. The van der Waals surface area contributed by atoms with Gasteiger partial charge < -0.3 is 0 Å². The first-order valence-corrected chi connectivity index (χ1v) is 7.26. The lowest BCUT2D eigenvalue weighted by molar-refractivity contribution is -0.153. The lowest BCUT2D eigenvalue weighted by Gasteiger charge is -2.45. The maximum Gasteiger partial charge on any atom is 0.249 e. The Bertz CT molecular complexity index is 459. The van der Waals surface area contributed by atoms with Gasteiger partial charge in [-0.05, 0) is 30.5 Å². The fraction of sp³-hybridized carbons (Fsp3) is 0.429. The number of β-lactam (4-membered cyclic amide) rings is 2. The number of nitrogens with zero attached hydrogens (tertiary/aromatic N) is 1. The Hall–Kier alpha value is -1.16. The summed E-state index contributed by atoms with van der Waals surface area (Å²) in [5, 5.41) is 0.767. The van der Waals surface area contributed by atoms with Crippen molar-refractivity contribution in [2.75, 3.05) is 4.90 Å². The Morgan fingerprint density at radius 2 is 1.56 bits per heavy atom. The molecule has 0 unspecified atom stereocenters. The van der Waals surface area contributed by atoms with Crippen LogP contribution in [0.25, 0.3) is 0 Å². The van der Waals surface area contributed by atoms with Crippen molar-refractivity contribution in [3.8, 4) is 0 Å². The number of hydrogen-bond donors (Lipinski definition) is 0. The highest BCUT2D eigenvalue weighted by Gasteiger charge is 2.58. The SMILES string of the molecule is CCC1(CC)C(=O)N(c2ccc(CBr)cc2)C1=O. The van der Waals surface area contributed by atoms with E-state index in [0.29, 0.717) is 18.5 Å². The molecule has 0 aromatic heterocycles. The average molecular weight is 310 g/mol. The van der Waals surface area contributed by atoms with E-state index >= 15 is 0 Å². The number of halogens is 1. The quantitative estimate of drug-likeness (QED) is 0.486. The number of alkyl halides is 1. The maximum absolute atomic E-state index is 12.2. The third-order valence-electron chi connectivity index (χ3n) is 3.78. The summed E-state index contributed by atoms with van der Waals surface area (Å²) < 4.78 is 0. The lowest BCUT2D eigenvalue weighted by Crippen LogP contribution is -2.66. The predicted octanol–water partition coefficient (Wildman–Crippen LogP) is 3.26. The van der Waals surface area contributed by atoms with Crippen LogP contribution >= 0.6 is 15.9 Å². The molecule has 0 atom stereocenters. The van der Waals surface area contributed by atoms with E-state index in [1.807, 2.05) is 38.1 Å². The maximum atomic E-state index is 12.2. The second-order valence-electron chi connectivity index (χ2n) is 4.54. The highest BCUT2D eigenvalue weighted by atomic mass is 79.9. The fourth-order valence-corrected chi connectivity index (χ4v) is 2.76. The van der Waals surface area contributed by atoms with Gasteiger partial charge in [-0.3, -0.25) is 9.59 Å². The zero-order valence-corrected chi connectivity index (χ0v) is 12.2. The van der Waals surface area contributed by atoms with Crippen LogP contribution in [0.15, 0.2) is 24.3 Å². The van der Waals surface area contributed by atoms with E-state index in [0.717, 1.165) is 10.9 Å². The number of amides is 2. The van der Waals surface area contributed by atoms with Crippen LogP contribution in [0.2, 0.25) is 0 Å². The van der Waals surface area contributed by atoms with Gasteiger partial charge in [0.1, 0.15) is 5.41 Å². The Morgan fingerprint density at radius 3 is 1.94 bits per heavy atom. The Kier molecular flexibility index (Phi) is 3.57. The molecule has 1 saturated heterocycles. The second-order valence-corrected chi connectivity index (χ2v) is 5.10.